The summed E-state index contributed by atoms with van der Waals surface area (Å²) in [5, 5.41) is 11.5. The predicted octanol–water partition coefficient (Wildman–Crippen LogP) is 4.43. The first-order valence-electron chi connectivity index (χ1n) is 11.3. The van der Waals surface area contributed by atoms with Crippen molar-refractivity contribution in [1.82, 2.24) is 14.9 Å². The van der Waals surface area contributed by atoms with Crippen molar-refractivity contribution in [2.75, 3.05) is 19.6 Å². The fourth-order valence-electron chi connectivity index (χ4n) is 5.05. The highest BCUT2D eigenvalue weighted by molar-refractivity contribution is 5.98. The van der Waals surface area contributed by atoms with Crippen molar-refractivity contribution in [3.63, 3.8) is 0 Å². The Labute approximate surface area is 187 Å². The lowest BCUT2D eigenvalue weighted by atomic mass is 9.88. The topological polar surface area (TPSA) is 102 Å². The normalized spacial score (nSPS) is 15.3. The van der Waals surface area contributed by atoms with Crippen LogP contribution in [-0.4, -0.2) is 40.4 Å². The lowest BCUT2D eigenvalue weighted by Crippen LogP contribution is -2.33. The van der Waals surface area contributed by atoms with Crippen LogP contribution in [0.1, 0.15) is 52.2 Å². The van der Waals surface area contributed by atoms with Gasteiger partial charge in [0.2, 0.25) is 5.91 Å². The Morgan fingerprint density at radius 1 is 1.06 bits per heavy atom. The molecule has 162 valence electrons. The van der Waals surface area contributed by atoms with Crippen LogP contribution in [0.5, 0.6) is 0 Å². The van der Waals surface area contributed by atoms with Gasteiger partial charge in [0.05, 0.1) is 11.6 Å². The molecular formula is C26H27N5O. The third kappa shape index (κ3) is 3.88. The van der Waals surface area contributed by atoms with Crippen molar-refractivity contribution in [2.24, 2.45) is 5.73 Å². The van der Waals surface area contributed by atoms with Crippen LogP contribution in [0.25, 0.3) is 21.8 Å². The molecule has 0 spiro atoms. The Morgan fingerprint density at radius 3 is 2.59 bits per heavy atom. The van der Waals surface area contributed by atoms with E-state index in [2.05, 4.69) is 33.3 Å². The molecule has 1 aliphatic heterocycles. The molecule has 2 aromatic heterocycles. The van der Waals surface area contributed by atoms with E-state index < -0.39 is 0 Å². The number of nitriles is 1. The Kier molecular flexibility index (Phi) is 5.42. The fraction of sp³-hybridized carbons (Fsp3) is 0.308. The number of hydrogen-bond acceptors (Lipinski definition) is 3. The Bertz CT molecular complexity index is 1320. The van der Waals surface area contributed by atoms with Gasteiger partial charge in [-0.25, -0.2) is 0 Å². The molecule has 0 unspecified atom stereocenters. The highest BCUT2D eigenvalue weighted by atomic mass is 16.1. The van der Waals surface area contributed by atoms with E-state index in [1.54, 1.807) is 6.07 Å². The summed E-state index contributed by atoms with van der Waals surface area (Å²) in [7, 11) is 0. The molecule has 32 heavy (non-hydrogen) atoms. The molecule has 1 fully saturated rings. The number of primary amides is 1. The molecule has 1 amide bonds. The molecule has 1 saturated heterocycles. The van der Waals surface area contributed by atoms with E-state index in [-0.39, 0.29) is 5.91 Å². The van der Waals surface area contributed by atoms with Gasteiger partial charge in [-0.05, 0) is 98.8 Å². The third-order valence-corrected chi connectivity index (χ3v) is 6.84. The van der Waals surface area contributed by atoms with Crippen molar-refractivity contribution in [2.45, 2.75) is 31.6 Å². The molecule has 4 aromatic rings. The molecule has 4 N–H and O–H groups in total. The molecule has 0 saturated carbocycles. The number of carbonyl (C=O) groups excluding carboxylic acids is 1. The first-order valence-corrected chi connectivity index (χ1v) is 11.3. The number of fused-ring (bicyclic) bond motifs is 2. The zero-order valence-corrected chi connectivity index (χ0v) is 18.0. The van der Waals surface area contributed by atoms with E-state index in [0.29, 0.717) is 17.0 Å². The number of aryl methyl sites for hydroxylation is 1. The summed E-state index contributed by atoms with van der Waals surface area (Å²) in [5.74, 6) is 0.120. The maximum absolute atomic E-state index is 11.6. The third-order valence-electron chi connectivity index (χ3n) is 6.84. The van der Waals surface area contributed by atoms with Gasteiger partial charge in [0.1, 0.15) is 0 Å². The number of rotatable bonds is 6. The van der Waals surface area contributed by atoms with Crippen molar-refractivity contribution in [3.05, 3.63) is 71.0 Å². The van der Waals surface area contributed by atoms with Crippen LogP contribution in [0.2, 0.25) is 0 Å². The summed E-state index contributed by atoms with van der Waals surface area (Å²) in [6.07, 6.45) is 8.52. The maximum atomic E-state index is 11.6. The van der Waals surface area contributed by atoms with Gasteiger partial charge < -0.3 is 20.6 Å². The monoisotopic (exact) mass is 425 g/mol. The molecule has 0 radical (unpaired) electrons. The minimum absolute atomic E-state index is 0.382. The summed E-state index contributed by atoms with van der Waals surface area (Å²) in [5.41, 5.74) is 11.5. The number of hydrogen-bond donors (Lipinski definition) is 3. The number of likely N-dealkylation sites (tertiary alicyclic amines) is 1. The van der Waals surface area contributed by atoms with E-state index in [1.807, 2.05) is 30.3 Å². The Hall–Kier alpha value is -3.56. The first-order chi connectivity index (χ1) is 15.6. The van der Waals surface area contributed by atoms with Gasteiger partial charge in [-0.1, -0.05) is 0 Å². The number of aromatic nitrogens is 2. The Balaban J connectivity index is 1.18. The molecule has 6 nitrogen and oxygen atoms in total. The second-order valence-electron chi connectivity index (χ2n) is 8.77. The van der Waals surface area contributed by atoms with E-state index in [4.69, 9.17) is 11.0 Å². The van der Waals surface area contributed by atoms with Crippen LogP contribution in [0, 0.1) is 11.3 Å². The lowest BCUT2D eigenvalue weighted by Gasteiger charge is -2.32. The number of nitrogens with zero attached hydrogens (tertiary/aromatic N) is 2. The molecule has 3 heterocycles. The van der Waals surface area contributed by atoms with E-state index in [0.717, 1.165) is 67.1 Å². The van der Waals surface area contributed by atoms with Crippen LogP contribution in [-0.2, 0) is 6.42 Å². The number of benzene rings is 2. The second-order valence-corrected chi connectivity index (χ2v) is 8.77. The van der Waals surface area contributed by atoms with Crippen molar-refractivity contribution < 1.29 is 4.79 Å². The average molecular weight is 426 g/mol. The predicted molar refractivity (Wildman–Crippen MR) is 127 cm³/mol. The average Bonchev–Trinajstić information content (AvgIpc) is 3.43. The summed E-state index contributed by atoms with van der Waals surface area (Å²) < 4.78 is 0. The largest absolute Gasteiger partial charge is 0.366 e. The minimum atomic E-state index is -0.382. The van der Waals surface area contributed by atoms with Crippen LogP contribution in [0.15, 0.2) is 48.8 Å². The number of piperidine rings is 1. The summed E-state index contributed by atoms with van der Waals surface area (Å²) in [6.45, 7) is 3.25. The van der Waals surface area contributed by atoms with Gasteiger partial charge in [0.25, 0.3) is 0 Å². The van der Waals surface area contributed by atoms with Gasteiger partial charge in [-0.3, -0.25) is 4.79 Å². The van der Waals surface area contributed by atoms with Crippen molar-refractivity contribution >= 4 is 27.7 Å². The van der Waals surface area contributed by atoms with E-state index >= 15 is 0 Å². The van der Waals surface area contributed by atoms with Gasteiger partial charge >= 0.3 is 0 Å². The standard InChI is InChI=1S/C26H27N5O/c27-14-17-3-5-24-21(12-17)20(15-29-24)2-1-9-31-10-7-18(8-11-31)23-16-30-25-6-4-19(26(28)32)13-22(23)25/h3-6,12-13,15-16,18,29-30H,1-2,7-11H2,(H2,28,32). The molecular weight excluding hydrogens is 398 g/mol. The number of H-pyrrole nitrogens is 2. The minimum Gasteiger partial charge on any atom is -0.366 e. The van der Waals surface area contributed by atoms with Gasteiger partial charge in [0.15, 0.2) is 0 Å². The molecule has 6 heteroatoms. The Morgan fingerprint density at radius 2 is 1.81 bits per heavy atom. The molecule has 0 atom stereocenters. The van der Waals surface area contributed by atoms with Crippen LogP contribution >= 0.6 is 0 Å². The zero-order chi connectivity index (χ0) is 22.1. The summed E-state index contributed by atoms with van der Waals surface area (Å²) in [4.78, 5) is 20.8. The van der Waals surface area contributed by atoms with Crippen molar-refractivity contribution in [1.29, 1.82) is 5.26 Å². The highest BCUT2D eigenvalue weighted by Crippen LogP contribution is 2.33. The fourth-order valence-corrected chi connectivity index (χ4v) is 5.05. The zero-order valence-electron chi connectivity index (χ0n) is 18.0. The van der Waals surface area contributed by atoms with Crippen LogP contribution < -0.4 is 5.73 Å². The van der Waals surface area contributed by atoms with Gasteiger partial charge in [-0.15, -0.1) is 0 Å². The molecule has 1 aliphatic rings. The number of amides is 1. The summed E-state index contributed by atoms with van der Waals surface area (Å²) >= 11 is 0. The highest BCUT2D eigenvalue weighted by Gasteiger charge is 2.23. The number of carbonyl (C=O) groups is 1. The number of nitrogens with one attached hydrogen (secondary N) is 2. The summed E-state index contributed by atoms with van der Waals surface area (Å²) in [6, 6.07) is 13.7. The molecule has 0 aliphatic carbocycles. The smallest absolute Gasteiger partial charge is 0.248 e. The van der Waals surface area contributed by atoms with Gasteiger partial charge in [-0.2, -0.15) is 5.26 Å². The SMILES string of the molecule is N#Cc1ccc2[nH]cc(CCCN3CCC(c4c[nH]c5ccc(C(N)=O)cc45)CC3)c2c1. The van der Waals surface area contributed by atoms with Crippen LogP contribution in [0.3, 0.4) is 0 Å². The van der Waals surface area contributed by atoms with Crippen molar-refractivity contribution in [3.8, 4) is 6.07 Å². The number of aromatic amines is 2. The van der Waals surface area contributed by atoms with E-state index in [1.165, 1.54) is 11.1 Å². The van der Waals surface area contributed by atoms with Crippen LogP contribution in [0.4, 0.5) is 0 Å². The number of nitrogens with two attached hydrogens (primary N) is 1. The van der Waals surface area contributed by atoms with Gasteiger partial charge in [0, 0.05) is 39.8 Å². The molecule has 2 aromatic carbocycles. The maximum Gasteiger partial charge on any atom is 0.248 e. The lowest BCUT2D eigenvalue weighted by molar-refractivity contribution is 0.100. The van der Waals surface area contributed by atoms with E-state index in [9.17, 15) is 4.79 Å². The first kappa shape index (κ1) is 20.3. The molecule has 5 rings (SSSR count). The molecule has 0 bridgehead atoms. The second kappa shape index (κ2) is 8.52. The quantitative estimate of drug-likeness (QED) is 0.426.